The molecular weight excluding hydrogens is 210 g/mol. The summed E-state index contributed by atoms with van der Waals surface area (Å²) in [6, 6.07) is 4.23. The van der Waals surface area contributed by atoms with Crippen LogP contribution >= 0.6 is 0 Å². The van der Waals surface area contributed by atoms with Crippen LogP contribution < -0.4 is 4.74 Å². The van der Waals surface area contributed by atoms with Gasteiger partial charge >= 0.3 is 5.69 Å². The fourth-order valence-electron chi connectivity index (χ4n) is 1.11. The summed E-state index contributed by atoms with van der Waals surface area (Å²) in [6.45, 7) is 1.56. The van der Waals surface area contributed by atoms with E-state index in [2.05, 4.69) is 11.8 Å². The van der Waals surface area contributed by atoms with Crippen LogP contribution in [-0.2, 0) is 6.61 Å². The minimum Gasteiger partial charge on any atom is -0.474 e. The number of nitro benzene ring substituents is 1. The first kappa shape index (κ1) is 12.0. The molecule has 0 spiro atoms. The molecule has 0 fully saturated rings. The summed E-state index contributed by atoms with van der Waals surface area (Å²) in [6.07, 6.45) is 0. The molecule has 1 aromatic carbocycles. The second-order valence-electron chi connectivity index (χ2n) is 2.93. The number of rotatable bonds is 4. The predicted octanol–water partition coefficient (Wildman–Crippen LogP) is 1.49. The minimum absolute atomic E-state index is 0.0895. The van der Waals surface area contributed by atoms with Gasteiger partial charge in [0.15, 0.2) is 5.75 Å². The first-order valence-corrected chi connectivity index (χ1v) is 4.59. The number of nitrogens with zero attached hydrogens (tertiary/aromatic N) is 1. The highest BCUT2D eigenvalue weighted by Gasteiger charge is 2.14. The predicted molar refractivity (Wildman–Crippen MR) is 58.0 cm³/mol. The quantitative estimate of drug-likeness (QED) is 0.475. The molecule has 5 nitrogen and oxygen atoms in total. The average molecular weight is 221 g/mol. The summed E-state index contributed by atoms with van der Waals surface area (Å²) < 4.78 is 5.15. The number of aliphatic hydroxyl groups excluding tert-OH is 1. The Labute approximate surface area is 92.8 Å². The average Bonchev–Trinajstić information content (AvgIpc) is 2.29. The van der Waals surface area contributed by atoms with Crippen molar-refractivity contribution >= 4 is 5.69 Å². The van der Waals surface area contributed by atoms with E-state index in [1.54, 1.807) is 6.92 Å². The molecule has 0 amide bonds. The maximum Gasteiger partial charge on any atom is 0.310 e. The molecule has 0 saturated carbocycles. The first-order valence-electron chi connectivity index (χ1n) is 4.59. The smallest absolute Gasteiger partial charge is 0.310 e. The Balaban J connectivity index is 2.98. The summed E-state index contributed by atoms with van der Waals surface area (Å²) in [7, 11) is 0. The van der Waals surface area contributed by atoms with Crippen LogP contribution in [0.1, 0.15) is 12.5 Å². The maximum absolute atomic E-state index is 10.7. The molecule has 0 unspecified atom stereocenters. The zero-order valence-electron chi connectivity index (χ0n) is 8.77. The van der Waals surface area contributed by atoms with Crippen molar-refractivity contribution in [3.05, 3.63) is 33.9 Å². The third-order valence-electron chi connectivity index (χ3n) is 1.88. The van der Waals surface area contributed by atoms with E-state index in [0.29, 0.717) is 5.56 Å². The number of hydrogen-bond acceptors (Lipinski definition) is 4. The number of ether oxygens (including phenoxy) is 1. The van der Waals surface area contributed by atoms with Gasteiger partial charge in [0.1, 0.15) is 6.61 Å². The molecule has 1 rings (SSSR count). The molecule has 1 N–H and O–H groups in total. The fourth-order valence-corrected chi connectivity index (χ4v) is 1.11. The molecule has 0 bridgehead atoms. The molecule has 0 aliphatic rings. The summed E-state index contributed by atoms with van der Waals surface area (Å²) in [5.74, 6) is 5.39. The lowest BCUT2D eigenvalue weighted by Crippen LogP contribution is -1.99. The van der Waals surface area contributed by atoms with Gasteiger partial charge in [-0.3, -0.25) is 10.1 Å². The van der Waals surface area contributed by atoms with Gasteiger partial charge in [-0.1, -0.05) is 5.92 Å². The molecule has 0 aliphatic carbocycles. The van der Waals surface area contributed by atoms with Crippen molar-refractivity contribution in [2.24, 2.45) is 0 Å². The van der Waals surface area contributed by atoms with Gasteiger partial charge in [-0.2, -0.15) is 0 Å². The molecule has 0 aliphatic heterocycles. The molecule has 0 aromatic heterocycles. The van der Waals surface area contributed by atoms with E-state index in [-0.39, 0.29) is 24.7 Å². The Kier molecular flexibility index (Phi) is 4.30. The maximum atomic E-state index is 10.7. The van der Waals surface area contributed by atoms with Gasteiger partial charge in [-0.05, 0) is 24.6 Å². The van der Waals surface area contributed by atoms with E-state index < -0.39 is 4.92 Å². The Bertz CT molecular complexity index is 445. The summed E-state index contributed by atoms with van der Waals surface area (Å²) in [4.78, 5) is 10.1. The zero-order valence-corrected chi connectivity index (χ0v) is 8.77. The molecule has 0 heterocycles. The minimum atomic E-state index is -0.532. The lowest BCUT2D eigenvalue weighted by Gasteiger charge is -2.04. The van der Waals surface area contributed by atoms with Gasteiger partial charge in [0, 0.05) is 6.07 Å². The van der Waals surface area contributed by atoms with Crippen LogP contribution in [0.3, 0.4) is 0 Å². The molecule has 1 aromatic rings. The normalized spacial score (nSPS) is 9.12. The third-order valence-corrected chi connectivity index (χ3v) is 1.88. The van der Waals surface area contributed by atoms with Crippen LogP contribution in [0.4, 0.5) is 5.69 Å². The Morgan fingerprint density at radius 2 is 2.31 bits per heavy atom. The topological polar surface area (TPSA) is 72.6 Å². The van der Waals surface area contributed by atoms with Gasteiger partial charge in [-0.15, -0.1) is 5.92 Å². The van der Waals surface area contributed by atoms with Crippen molar-refractivity contribution in [3.63, 3.8) is 0 Å². The molecule has 16 heavy (non-hydrogen) atoms. The lowest BCUT2D eigenvalue weighted by atomic mass is 10.2. The monoisotopic (exact) mass is 221 g/mol. The molecule has 0 atom stereocenters. The largest absolute Gasteiger partial charge is 0.474 e. The molecule has 0 saturated heterocycles. The highest BCUT2D eigenvalue weighted by atomic mass is 16.6. The number of hydrogen-bond donors (Lipinski definition) is 1. The second-order valence-corrected chi connectivity index (χ2v) is 2.93. The molecular formula is C11H11NO4. The van der Waals surface area contributed by atoms with E-state index >= 15 is 0 Å². The van der Waals surface area contributed by atoms with E-state index in [1.807, 2.05) is 0 Å². The molecule has 5 heteroatoms. The Morgan fingerprint density at radius 1 is 1.56 bits per heavy atom. The van der Waals surface area contributed by atoms with Crippen molar-refractivity contribution in [1.82, 2.24) is 0 Å². The number of nitro groups is 1. The number of aliphatic hydroxyl groups is 1. The zero-order chi connectivity index (χ0) is 12.0. The standard InChI is InChI=1S/C11H11NO4/c1-2-3-6-16-11-7-9(8-13)4-5-10(11)12(14)15/h4-5,7,13H,6,8H2,1H3. The second kappa shape index (κ2) is 5.73. The molecule has 84 valence electrons. The highest BCUT2D eigenvalue weighted by molar-refractivity contribution is 5.48. The van der Waals surface area contributed by atoms with Crippen molar-refractivity contribution in [2.45, 2.75) is 13.5 Å². The summed E-state index contributed by atoms with van der Waals surface area (Å²) >= 11 is 0. The van der Waals surface area contributed by atoms with Gasteiger partial charge in [0.2, 0.25) is 0 Å². The SMILES string of the molecule is CC#CCOc1cc(CO)ccc1[N+](=O)[O-]. The van der Waals surface area contributed by atoms with Crippen LogP contribution in [-0.4, -0.2) is 16.6 Å². The van der Waals surface area contributed by atoms with Crippen molar-refractivity contribution in [1.29, 1.82) is 0 Å². The third kappa shape index (κ3) is 2.97. The summed E-state index contributed by atoms with van der Waals surface area (Å²) in [5.41, 5.74) is 0.431. The van der Waals surface area contributed by atoms with Crippen molar-refractivity contribution in [2.75, 3.05) is 6.61 Å². The van der Waals surface area contributed by atoms with Gasteiger partial charge < -0.3 is 9.84 Å². The van der Waals surface area contributed by atoms with E-state index in [9.17, 15) is 10.1 Å². The van der Waals surface area contributed by atoms with Crippen LogP contribution in [0.15, 0.2) is 18.2 Å². The summed E-state index contributed by atoms with van der Waals surface area (Å²) in [5, 5.41) is 19.6. The van der Waals surface area contributed by atoms with E-state index in [1.165, 1.54) is 18.2 Å². The Morgan fingerprint density at radius 3 is 2.88 bits per heavy atom. The van der Waals surface area contributed by atoms with Gasteiger partial charge in [0.05, 0.1) is 11.5 Å². The van der Waals surface area contributed by atoms with E-state index in [4.69, 9.17) is 9.84 Å². The van der Waals surface area contributed by atoms with Crippen molar-refractivity contribution < 1.29 is 14.8 Å². The van der Waals surface area contributed by atoms with Crippen LogP contribution in [0.25, 0.3) is 0 Å². The van der Waals surface area contributed by atoms with Crippen LogP contribution in [0.5, 0.6) is 5.75 Å². The lowest BCUT2D eigenvalue weighted by molar-refractivity contribution is -0.385. The fraction of sp³-hybridized carbons (Fsp3) is 0.273. The van der Waals surface area contributed by atoms with Gasteiger partial charge in [0.25, 0.3) is 0 Å². The van der Waals surface area contributed by atoms with Gasteiger partial charge in [-0.25, -0.2) is 0 Å². The van der Waals surface area contributed by atoms with Crippen molar-refractivity contribution in [3.8, 4) is 17.6 Å². The van der Waals surface area contributed by atoms with E-state index in [0.717, 1.165) is 0 Å². The number of benzene rings is 1. The molecule has 0 radical (unpaired) electrons. The van der Waals surface area contributed by atoms with Crippen LogP contribution in [0.2, 0.25) is 0 Å². The highest BCUT2D eigenvalue weighted by Crippen LogP contribution is 2.27. The first-order chi connectivity index (χ1) is 7.69. The van der Waals surface area contributed by atoms with Crippen LogP contribution in [0, 0.1) is 22.0 Å². The Hall–Kier alpha value is -2.06.